The summed E-state index contributed by atoms with van der Waals surface area (Å²) in [5.41, 5.74) is 2.53. The largest absolute Gasteiger partial charge is 0.452 e. The molecule has 0 aliphatic heterocycles. The van der Waals surface area contributed by atoms with E-state index >= 15 is 0 Å². The lowest BCUT2D eigenvalue weighted by Crippen LogP contribution is -2.20. The Morgan fingerprint density at radius 3 is 2.63 bits per heavy atom. The molecule has 0 heterocycles. The Bertz CT molecular complexity index is 519. The highest BCUT2D eigenvalue weighted by atomic mass is 127. The third kappa shape index (κ3) is 5.87. The summed E-state index contributed by atoms with van der Waals surface area (Å²) in [6.45, 7) is 5.20. The van der Waals surface area contributed by atoms with Crippen LogP contribution < -0.4 is 5.32 Å². The zero-order valence-corrected chi connectivity index (χ0v) is 13.3. The van der Waals surface area contributed by atoms with Crippen LogP contribution in [0.4, 0.5) is 5.69 Å². The summed E-state index contributed by atoms with van der Waals surface area (Å²) in [6, 6.07) is 5.69. The standard InChI is InChI=1S/C14H16INO3/c1-9(2)6-14(18)19-8-13(17)16-12-5-4-11(15)7-10(12)3/h4-7H,8H2,1-3H3,(H,16,17). The summed E-state index contributed by atoms with van der Waals surface area (Å²) in [4.78, 5) is 22.9. The maximum absolute atomic E-state index is 11.6. The Balaban J connectivity index is 2.52. The van der Waals surface area contributed by atoms with E-state index in [9.17, 15) is 9.59 Å². The molecule has 1 aromatic carbocycles. The van der Waals surface area contributed by atoms with E-state index in [4.69, 9.17) is 4.74 Å². The highest BCUT2D eigenvalue weighted by Gasteiger charge is 2.07. The van der Waals surface area contributed by atoms with Gasteiger partial charge in [-0.2, -0.15) is 0 Å². The van der Waals surface area contributed by atoms with E-state index in [1.807, 2.05) is 25.1 Å². The van der Waals surface area contributed by atoms with Gasteiger partial charge in [0.1, 0.15) is 0 Å². The molecule has 4 nitrogen and oxygen atoms in total. The van der Waals surface area contributed by atoms with Crippen LogP contribution >= 0.6 is 22.6 Å². The fourth-order valence-electron chi connectivity index (χ4n) is 1.37. The molecular weight excluding hydrogens is 357 g/mol. The van der Waals surface area contributed by atoms with Gasteiger partial charge >= 0.3 is 5.97 Å². The van der Waals surface area contributed by atoms with Crippen LogP contribution in [0, 0.1) is 10.5 Å². The van der Waals surface area contributed by atoms with E-state index in [1.165, 1.54) is 6.08 Å². The predicted octanol–water partition coefficient (Wildman–Crippen LogP) is 3.05. The highest BCUT2D eigenvalue weighted by Crippen LogP contribution is 2.17. The average Bonchev–Trinajstić information content (AvgIpc) is 2.29. The maximum Gasteiger partial charge on any atom is 0.331 e. The molecule has 1 aromatic rings. The number of carbonyl (C=O) groups excluding carboxylic acids is 2. The van der Waals surface area contributed by atoms with Crippen LogP contribution in [0.15, 0.2) is 29.8 Å². The van der Waals surface area contributed by atoms with Crippen molar-refractivity contribution in [3.8, 4) is 0 Å². The van der Waals surface area contributed by atoms with Gasteiger partial charge in [-0.3, -0.25) is 4.79 Å². The molecule has 0 aromatic heterocycles. The summed E-state index contributed by atoms with van der Waals surface area (Å²) in [6.07, 6.45) is 1.35. The zero-order valence-electron chi connectivity index (χ0n) is 11.1. The van der Waals surface area contributed by atoms with Gasteiger partial charge in [0.2, 0.25) is 0 Å². The normalized spacial score (nSPS) is 9.68. The van der Waals surface area contributed by atoms with E-state index in [-0.39, 0.29) is 12.5 Å². The van der Waals surface area contributed by atoms with Gasteiger partial charge in [-0.25, -0.2) is 4.79 Å². The molecule has 0 saturated heterocycles. The van der Waals surface area contributed by atoms with Gasteiger partial charge in [0, 0.05) is 15.3 Å². The lowest BCUT2D eigenvalue weighted by molar-refractivity contribution is -0.142. The first-order chi connectivity index (χ1) is 8.88. The molecule has 0 aliphatic rings. The summed E-state index contributed by atoms with van der Waals surface area (Å²) in [7, 11) is 0. The lowest BCUT2D eigenvalue weighted by atomic mass is 10.2. The fraction of sp³-hybridized carbons (Fsp3) is 0.286. The van der Waals surface area contributed by atoms with Gasteiger partial charge in [0.05, 0.1) is 0 Å². The van der Waals surface area contributed by atoms with Crippen molar-refractivity contribution in [1.82, 2.24) is 0 Å². The number of hydrogen-bond donors (Lipinski definition) is 1. The van der Waals surface area contributed by atoms with Gasteiger partial charge in [-0.15, -0.1) is 0 Å². The van der Waals surface area contributed by atoms with Crippen LogP contribution in [-0.4, -0.2) is 18.5 Å². The minimum Gasteiger partial charge on any atom is -0.452 e. The van der Waals surface area contributed by atoms with Crippen molar-refractivity contribution in [3.05, 3.63) is 39.0 Å². The molecular formula is C14H16INO3. The number of amides is 1. The maximum atomic E-state index is 11.6. The van der Waals surface area contributed by atoms with Gasteiger partial charge < -0.3 is 10.1 Å². The van der Waals surface area contributed by atoms with E-state index in [2.05, 4.69) is 27.9 Å². The summed E-state index contributed by atoms with van der Waals surface area (Å²) >= 11 is 2.20. The van der Waals surface area contributed by atoms with E-state index in [1.54, 1.807) is 13.8 Å². The Morgan fingerprint density at radius 1 is 1.37 bits per heavy atom. The third-order valence-electron chi connectivity index (χ3n) is 2.21. The van der Waals surface area contributed by atoms with Crippen LogP contribution in [0.3, 0.4) is 0 Å². The van der Waals surface area contributed by atoms with Crippen molar-refractivity contribution in [3.63, 3.8) is 0 Å². The van der Waals surface area contributed by atoms with Crippen LogP contribution in [0.1, 0.15) is 19.4 Å². The molecule has 0 bridgehead atoms. The third-order valence-corrected chi connectivity index (χ3v) is 2.89. The fourth-order valence-corrected chi connectivity index (χ4v) is 2.01. The smallest absolute Gasteiger partial charge is 0.331 e. The average molecular weight is 373 g/mol. The number of ether oxygens (including phenoxy) is 1. The van der Waals surface area contributed by atoms with E-state index in [0.29, 0.717) is 0 Å². The van der Waals surface area contributed by atoms with Crippen molar-refractivity contribution >= 4 is 40.2 Å². The Morgan fingerprint density at radius 2 is 2.05 bits per heavy atom. The number of nitrogens with one attached hydrogen (secondary N) is 1. The van der Waals surface area contributed by atoms with Crippen LogP contribution in [0.5, 0.6) is 0 Å². The molecule has 0 atom stereocenters. The molecule has 0 fully saturated rings. The van der Waals surface area contributed by atoms with Crippen molar-refractivity contribution in [2.75, 3.05) is 11.9 Å². The highest BCUT2D eigenvalue weighted by molar-refractivity contribution is 14.1. The minimum absolute atomic E-state index is 0.284. The first-order valence-electron chi connectivity index (χ1n) is 5.76. The quantitative estimate of drug-likeness (QED) is 0.502. The summed E-state index contributed by atoms with van der Waals surface area (Å²) in [5, 5.41) is 2.71. The second kappa shape index (κ2) is 7.28. The van der Waals surface area contributed by atoms with Crippen LogP contribution in [-0.2, 0) is 14.3 Å². The Hall–Kier alpha value is -1.37. The van der Waals surface area contributed by atoms with E-state index < -0.39 is 5.97 Å². The number of benzene rings is 1. The van der Waals surface area contributed by atoms with Crippen molar-refractivity contribution in [1.29, 1.82) is 0 Å². The Kier molecular flexibility index (Phi) is 6.01. The minimum atomic E-state index is -0.505. The number of hydrogen-bond acceptors (Lipinski definition) is 3. The second-order valence-corrected chi connectivity index (χ2v) is 5.58. The van der Waals surface area contributed by atoms with Gasteiger partial charge in [0.15, 0.2) is 6.61 Å². The zero-order chi connectivity index (χ0) is 14.4. The molecule has 102 valence electrons. The number of carbonyl (C=O) groups is 2. The molecule has 1 N–H and O–H groups in total. The monoisotopic (exact) mass is 373 g/mol. The summed E-state index contributed by atoms with van der Waals surface area (Å²) in [5.74, 6) is -0.853. The molecule has 0 aliphatic carbocycles. The second-order valence-electron chi connectivity index (χ2n) is 4.34. The van der Waals surface area contributed by atoms with Crippen LogP contribution in [0.2, 0.25) is 0 Å². The summed E-state index contributed by atoms with van der Waals surface area (Å²) < 4.78 is 5.92. The van der Waals surface area contributed by atoms with Gasteiger partial charge in [0.25, 0.3) is 5.91 Å². The number of allylic oxidation sites excluding steroid dienone is 1. The molecule has 0 radical (unpaired) electrons. The molecule has 5 heteroatoms. The van der Waals surface area contributed by atoms with Crippen molar-refractivity contribution in [2.45, 2.75) is 20.8 Å². The number of halogens is 1. The molecule has 1 amide bonds. The predicted molar refractivity (Wildman–Crippen MR) is 82.9 cm³/mol. The lowest BCUT2D eigenvalue weighted by Gasteiger charge is -2.08. The number of anilines is 1. The first kappa shape index (κ1) is 15.7. The van der Waals surface area contributed by atoms with Gasteiger partial charge in [-0.05, 0) is 67.1 Å². The Labute approximate surface area is 126 Å². The number of rotatable bonds is 4. The van der Waals surface area contributed by atoms with Crippen LogP contribution in [0.25, 0.3) is 0 Å². The topological polar surface area (TPSA) is 55.4 Å². The molecule has 0 unspecified atom stereocenters. The number of aryl methyl sites for hydroxylation is 1. The molecule has 0 spiro atoms. The first-order valence-corrected chi connectivity index (χ1v) is 6.84. The molecule has 19 heavy (non-hydrogen) atoms. The number of esters is 1. The van der Waals surface area contributed by atoms with Gasteiger partial charge in [-0.1, -0.05) is 5.57 Å². The molecule has 0 saturated carbocycles. The molecule has 1 rings (SSSR count). The SMILES string of the molecule is CC(C)=CC(=O)OCC(=O)Nc1ccc(I)cc1C. The van der Waals surface area contributed by atoms with Crippen molar-refractivity contribution < 1.29 is 14.3 Å². The van der Waals surface area contributed by atoms with E-state index in [0.717, 1.165) is 20.4 Å². The van der Waals surface area contributed by atoms with Crippen molar-refractivity contribution in [2.24, 2.45) is 0 Å².